The van der Waals surface area contributed by atoms with Crippen molar-refractivity contribution in [3.63, 3.8) is 0 Å². The first-order valence-corrected chi connectivity index (χ1v) is 8.45. The Morgan fingerprint density at radius 2 is 1.68 bits per heavy atom. The summed E-state index contributed by atoms with van der Waals surface area (Å²) in [5, 5.41) is 13.6. The number of carbonyl (C=O) groups excluding carboxylic acids is 1. The zero-order valence-electron chi connectivity index (χ0n) is 15.4. The molecule has 28 heavy (non-hydrogen) atoms. The number of ether oxygens (including phenoxy) is 2. The summed E-state index contributed by atoms with van der Waals surface area (Å²) in [7, 11) is 3.02. The Kier molecular flexibility index (Phi) is 6.01. The molecular formula is C20H19FN4O3. The molecule has 0 bridgehead atoms. The molecule has 0 saturated heterocycles. The highest BCUT2D eigenvalue weighted by molar-refractivity contribution is 6.04. The molecule has 0 radical (unpaired) electrons. The first-order chi connectivity index (χ1) is 13.6. The number of hydrogen-bond acceptors (Lipinski definition) is 6. The van der Waals surface area contributed by atoms with Gasteiger partial charge in [0.1, 0.15) is 11.6 Å². The number of hydrogen-bond donors (Lipinski definition) is 2. The smallest absolute Gasteiger partial charge is 0.257 e. The molecule has 0 aliphatic carbocycles. The number of aromatic nitrogens is 2. The average Bonchev–Trinajstić information content (AvgIpc) is 2.73. The standard InChI is InChI=1S/C20H19FN4O3/c1-27-16-8-7-13(11-17(16)28-2)20(26)23-19-10-9-18(24-25-19)22-12-14-5-3-4-6-15(14)21/h3-11H,12H2,1-2H3,(H,22,24)(H,23,25,26). The minimum absolute atomic E-state index is 0.276. The third kappa shape index (κ3) is 4.53. The number of halogens is 1. The van der Waals surface area contributed by atoms with E-state index in [1.165, 1.54) is 20.3 Å². The molecule has 0 fully saturated rings. The van der Waals surface area contributed by atoms with Crippen molar-refractivity contribution >= 4 is 17.5 Å². The van der Waals surface area contributed by atoms with Crippen LogP contribution in [-0.4, -0.2) is 30.3 Å². The predicted octanol–water partition coefficient (Wildman–Crippen LogP) is 3.50. The van der Waals surface area contributed by atoms with E-state index in [2.05, 4.69) is 20.8 Å². The van der Waals surface area contributed by atoms with Crippen LogP contribution >= 0.6 is 0 Å². The minimum atomic E-state index is -0.359. The Bertz CT molecular complexity index is 964. The molecule has 8 heteroatoms. The molecule has 0 aliphatic heterocycles. The maximum absolute atomic E-state index is 13.6. The molecule has 2 N–H and O–H groups in total. The number of amides is 1. The van der Waals surface area contributed by atoms with Gasteiger partial charge in [0.2, 0.25) is 0 Å². The summed E-state index contributed by atoms with van der Waals surface area (Å²) in [5.74, 6) is 1.09. The third-order valence-corrected chi connectivity index (χ3v) is 3.97. The van der Waals surface area contributed by atoms with E-state index in [0.717, 1.165) is 0 Å². The van der Waals surface area contributed by atoms with Crippen LogP contribution in [0.4, 0.5) is 16.0 Å². The van der Waals surface area contributed by atoms with Crippen molar-refractivity contribution in [3.05, 3.63) is 71.5 Å². The fraction of sp³-hybridized carbons (Fsp3) is 0.150. The molecule has 0 atom stereocenters. The number of nitrogens with one attached hydrogen (secondary N) is 2. The topological polar surface area (TPSA) is 85.4 Å². The molecule has 0 unspecified atom stereocenters. The first kappa shape index (κ1) is 19.1. The average molecular weight is 382 g/mol. The highest BCUT2D eigenvalue weighted by Gasteiger charge is 2.12. The van der Waals surface area contributed by atoms with Gasteiger partial charge >= 0.3 is 0 Å². The predicted molar refractivity (Wildman–Crippen MR) is 103 cm³/mol. The third-order valence-electron chi connectivity index (χ3n) is 3.97. The van der Waals surface area contributed by atoms with Crippen LogP contribution in [0.25, 0.3) is 0 Å². The SMILES string of the molecule is COc1ccc(C(=O)Nc2ccc(NCc3ccccc3F)nn2)cc1OC. The second kappa shape index (κ2) is 8.81. The minimum Gasteiger partial charge on any atom is -0.493 e. The van der Waals surface area contributed by atoms with Crippen LogP contribution in [0.1, 0.15) is 15.9 Å². The normalized spacial score (nSPS) is 10.2. The van der Waals surface area contributed by atoms with Crippen molar-refractivity contribution in [2.24, 2.45) is 0 Å². The lowest BCUT2D eigenvalue weighted by molar-refractivity contribution is 0.102. The number of methoxy groups -OCH3 is 2. The Labute approximate surface area is 161 Å². The van der Waals surface area contributed by atoms with Gasteiger partial charge in [-0.2, -0.15) is 0 Å². The van der Waals surface area contributed by atoms with Crippen molar-refractivity contribution in [3.8, 4) is 11.5 Å². The summed E-state index contributed by atoms with van der Waals surface area (Å²) in [6.45, 7) is 0.276. The molecule has 1 heterocycles. The molecule has 144 valence electrons. The maximum Gasteiger partial charge on any atom is 0.257 e. The lowest BCUT2D eigenvalue weighted by Gasteiger charge is -2.10. The van der Waals surface area contributed by atoms with Crippen LogP contribution in [0.2, 0.25) is 0 Å². The van der Waals surface area contributed by atoms with Gasteiger partial charge in [-0.25, -0.2) is 4.39 Å². The van der Waals surface area contributed by atoms with Crippen molar-refractivity contribution < 1.29 is 18.7 Å². The molecule has 3 rings (SSSR count). The number of anilines is 2. The van der Waals surface area contributed by atoms with Gasteiger partial charge in [0.15, 0.2) is 17.3 Å². The molecule has 1 amide bonds. The van der Waals surface area contributed by atoms with E-state index in [1.807, 2.05) is 0 Å². The van der Waals surface area contributed by atoms with Crippen LogP contribution < -0.4 is 20.1 Å². The summed E-state index contributed by atoms with van der Waals surface area (Å²) < 4.78 is 24.0. The molecule has 7 nitrogen and oxygen atoms in total. The van der Waals surface area contributed by atoms with Gasteiger partial charge in [0.25, 0.3) is 5.91 Å². The fourth-order valence-electron chi connectivity index (χ4n) is 2.49. The lowest BCUT2D eigenvalue weighted by atomic mass is 10.2. The van der Waals surface area contributed by atoms with Crippen molar-refractivity contribution in [1.29, 1.82) is 0 Å². The van der Waals surface area contributed by atoms with E-state index in [0.29, 0.717) is 28.4 Å². The molecule has 0 aliphatic rings. The van der Waals surface area contributed by atoms with Gasteiger partial charge in [-0.15, -0.1) is 10.2 Å². The first-order valence-electron chi connectivity index (χ1n) is 8.45. The molecule has 0 spiro atoms. The monoisotopic (exact) mass is 382 g/mol. The fourth-order valence-corrected chi connectivity index (χ4v) is 2.49. The van der Waals surface area contributed by atoms with Gasteiger partial charge in [-0.05, 0) is 36.4 Å². The van der Waals surface area contributed by atoms with Crippen molar-refractivity contribution in [2.45, 2.75) is 6.54 Å². The largest absolute Gasteiger partial charge is 0.493 e. The zero-order valence-corrected chi connectivity index (χ0v) is 15.4. The quantitative estimate of drug-likeness (QED) is 0.651. The second-order valence-electron chi connectivity index (χ2n) is 5.77. The van der Waals surface area contributed by atoms with Gasteiger partial charge in [-0.1, -0.05) is 18.2 Å². The summed E-state index contributed by atoms with van der Waals surface area (Å²) in [5.41, 5.74) is 0.913. The van der Waals surface area contributed by atoms with Crippen LogP contribution in [-0.2, 0) is 6.54 Å². The van der Waals surface area contributed by atoms with Crippen molar-refractivity contribution in [1.82, 2.24) is 10.2 Å². The van der Waals surface area contributed by atoms with Crippen molar-refractivity contribution in [2.75, 3.05) is 24.9 Å². The van der Waals surface area contributed by atoms with Crippen LogP contribution in [0, 0.1) is 5.82 Å². The Morgan fingerprint density at radius 1 is 0.964 bits per heavy atom. The van der Waals surface area contributed by atoms with Crippen LogP contribution in [0.15, 0.2) is 54.6 Å². The lowest BCUT2D eigenvalue weighted by Crippen LogP contribution is -2.14. The summed E-state index contributed by atoms with van der Waals surface area (Å²) in [4.78, 5) is 12.4. The number of benzene rings is 2. The van der Waals surface area contributed by atoms with Gasteiger partial charge < -0.3 is 20.1 Å². The zero-order chi connectivity index (χ0) is 19.9. The molecule has 2 aromatic carbocycles. The van der Waals surface area contributed by atoms with E-state index in [1.54, 1.807) is 48.5 Å². The maximum atomic E-state index is 13.6. The van der Waals surface area contributed by atoms with E-state index in [-0.39, 0.29) is 24.1 Å². The Hall–Kier alpha value is -3.68. The van der Waals surface area contributed by atoms with E-state index < -0.39 is 0 Å². The molecule has 3 aromatic rings. The summed E-state index contributed by atoms with van der Waals surface area (Å²) in [6.07, 6.45) is 0. The Balaban J connectivity index is 1.62. The number of carbonyl (C=O) groups is 1. The van der Waals surface area contributed by atoms with Gasteiger partial charge in [0.05, 0.1) is 14.2 Å². The van der Waals surface area contributed by atoms with Crippen LogP contribution in [0.5, 0.6) is 11.5 Å². The van der Waals surface area contributed by atoms with E-state index >= 15 is 0 Å². The molecule has 1 aromatic heterocycles. The van der Waals surface area contributed by atoms with E-state index in [4.69, 9.17) is 9.47 Å². The Morgan fingerprint density at radius 3 is 2.36 bits per heavy atom. The molecular weight excluding hydrogens is 363 g/mol. The summed E-state index contributed by atoms with van der Waals surface area (Å²) >= 11 is 0. The van der Waals surface area contributed by atoms with Gasteiger partial charge in [0, 0.05) is 17.7 Å². The van der Waals surface area contributed by atoms with Crippen LogP contribution in [0.3, 0.4) is 0 Å². The second-order valence-corrected chi connectivity index (χ2v) is 5.77. The van der Waals surface area contributed by atoms with Gasteiger partial charge in [-0.3, -0.25) is 4.79 Å². The number of nitrogens with zero attached hydrogens (tertiary/aromatic N) is 2. The summed E-state index contributed by atoms with van der Waals surface area (Å²) in [6, 6.07) is 14.6. The van der Waals surface area contributed by atoms with E-state index in [9.17, 15) is 9.18 Å². The number of rotatable bonds is 7. The highest BCUT2D eigenvalue weighted by Crippen LogP contribution is 2.27. The molecule has 0 saturated carbocycles. The highest BCUT2D eigenvalue weighted by atomic mass is 19.1.